The molecule has 0 N–H and O–H groups in total. The van der Waals surface area contributed by atoms with Crippen molar-refractivity contribution in [1.82, 2.24) is 9.88 Å². The Morgan fingerprint density at radius 1 is 0.889 bits per heavy atom. The standard InChI is InChI=1S/C22H21ClFN3/c1-26-9-11-27(12-10-26)19-7-8-25-22(15-19)18-4-2-3-16(13-18)17-5-6-21(24)20(23)14-17/h2-8,13-15H,9-12H2,1H3. The van der Waals surface area contributed by atoms with Crippen molar-refractivity contribution in [3.05, 3.63) is 71.6 Å². The Morgan fingerprint density at radius 2 is 1.63 bits per heavy atom. The lowest BCUT2D eigenvalue weighted by atomic mass is 10.0. The highest BCUT2D eigenvalue weighted by Crippen LogP contribution is 2.29. The van der Waals surface area contributed by atoms with Crippen LogP contribution >= 0.6 is 11.6 Å². The van der Waals surface area contributed by atoms with Crippen molar-refractivity contribution < 1.29 is 4.39 Å². The number of halogens is 2. The first-order chi connectivity index (χ1) is 13.1. The van der Waals surface area contributed by atoms with Crippen LogP contribution in [0.3, 0.4) is 0 Å². The summed E-state index contributed by atoms with van der Waals surface area (Å²) in [7, 11) is 2.16. The lowest BCUT2D eigenvalue weighted by Crippen LogP contribution is -2.44. The van der Waals surface area contributed by atoms with Crippen molar-refractivity contribution in [1.29, 1.82) is 0 Å². The van der Waals surface area contributed by atoms with E-state index in [0.717, 1.165) is 48.6 Å². The quantitative estimate of drug-likeness (QED) is 0.639. The maximum absolute atomic E-state index is 13.5. The smallest absolute Gasteiger partial charge is 0.141 e. The van der Waals surface area contributed by atoms with Gasteiger partial charge in [0.05, 0.1) is 10.7 Å². The third-order valence-corrected chi connectivity index (χ3v) is 5.31. The summed E-state index contributed by atoms with van der Waals surface area (Å²) in [6, 6.07) is 17.1. The molecule has 0 radical (unpaired) electrons. The Balaban J connectivity index is 1.64. The fourth-order valence-electron chi connectivity index (χ4n) is 3.37. The van der Waals surface area contributed by atoms with Gasteiger partial charge in [-0.1, -0.05) is 35.9 Å². The molecule has 0 spiro atoms. The first-order valence-electron chi connectivity index (χ1n) is 9.05. The molecular weight excluding hydrogens is 361 g/mol. The predicted molar refractivity (Wildman–Crippen MR) is 110 cm³/mol. The number of likely N-dealkylation sites (N-methyl/N-ethyl adjacent to an activating group) is 1. The zero-order valence-corrected chi connectivity index (χ0v) is 16.0. The molecule has 0 aliphatic carbocycles. The lowest BCUT2D eigenvalue weighted by Gasteiger charge is -2.34. The number of hydrogen-bond donors (Lipinski definition) is 0. The summed E-state index contributed by atoms with van der Waals surface area (Å²) in [5, 5.41) is 0.132. The molecule has 0 atom stereocenters. The van der Waals surface area contributed by atoms with Crippen LogP contribution in [0, 0.1) is 5.82 Å². The second kappa shape index (κ2) is 7.67. The number of rotatable bonds is 3. The van der Waals surface area contributed by atoms with E-state index >= 15 is 0 Å². The Kier molecular flexibility index (Phi) is 5.10. The highest BCUT2D eigenvalue weighted by atomic mass is 35.5. The predicted octanol–water partition coefficient (Wildman–Crippen LogP) is 4.96. The Labute approximate surface area is 164 Å². The molecule has 3 nitrogen and oxygen atoms in total. The van der Waals surface area contributed by atoms with Crippen LogP contribution in [0.5, 0.6) is 0 Å². The topological polar surface area (TPSA) is 19.4 Å². The number of hydrogen-bond acceptors (Lipinski definition) is 3. The molecule has 2 aromatic carbocycles. The van der Waals surface area contributed by atoms with Gasteiger partial charge in [-0.25, -0.2) is 4.39 Å². The zero-order valence-electron chi connectivity index (χ0n) is 15.2. The van der Waals surface area contributed by atoms with Gasteiger partial charge in [0, 0.05) is 43.6 Å². The van der Waals surface area contributed by atoms with Crippen LogP contribution in [0.25, 0.3) is 22.4 Å². The molecule has 0 unspecified atom stereocenters. The molecule has 1 aliphatic rings. The van der Waals surface area contributed by atoms with E-state index in [0.29, 0.717) is 0 Å². The molecule has 0 saturated carbocycles. The molecule has 1 aliphatic heterocycles. The van der Waals surface area contributed by atoms with Crippen molar-refractivity contribution >= 4 is 17.3 Å². The van der Waals surface area contributed by atoms with Gasteiger partial charge in [0.2, 0.25) is 0 Å². The largest absolute Gasteiger partial charge is 0.369 e. The fourth-order valence-corrected chi connectivity index (χ4v) is 3.55. The molecular formula is C22H21ClFN3. The van der Waals surface area contributed by atoms with E-state index in [9.17, 15) is 4.39 Å². The summed E-state index contributed by atoms with van der Waals surface area (Å²) in [6.45, 7) is 4.18. The van der Waals surface area contributed by atoms with E-state index in [2.05, 4.69) is 40.0 Å². The molecule has 1 saturated heterocycles. The van der Waals surface area contributed by atoms with Gasteiger partial charge >= 0.3 is 0 Å². The van der Waals surface area contributed by atoms with Gasteiger partial charge in [0.15, 0.2) is 0 Å². The van der Waals surface area contributed by atoms with Crippen LogP contribution in [0.4, 0.5) is 10.1 Å². The van der Waals surface area contributed by atoms with E-state index in [1.807, 2.05) is 24.4 Å². The molecule has 4 rings (SSSR count). The van der Waals surface area contributed by atoms with Crippen LogP contribution in [-0.4, -0.2) is 43.1 Å². The summed E-state index contributed by atoms with van der Waals surface area (Å²) < 4.78 is 13.5. The molecule has 3 aromatic rings. The number of piperazine rings is 1. The molecule has 0 amide bonds. The summed E-state index contributed by atoms with van der Waals surface area (Å²) in [5.41, 5.74) is 5.04. The SMILES string of the molecule is CN1CCN(c2ccnc(-c3cccc(-c4ccc(F)c(Cl)c4)c3)c2)CC1. The molecule has 2 heterocycles. The molecule has 1 fully saturated rings. The van der Waals surface area contributed by atoms with Gasteiger partial charge in [-0.3, -0.25) is 4.98 Å². The van der Waals surface area contributed by atoms with Crippen molar-refractivity contribution in [2.45, 2.75) is 0 Å². The Bertz CT molecular complexity index is 952. The van der Waals surface area contributed by atoms with E-state index in [1.165, 1.54) is 11.8 Å². The van der Waals surface area contributed by atoms with E-state index in [4.69, 9.17) is 11.6 Å². The van der Waals surface area contributed by atoms with Crippen LogP contribution in [0.2, 0.25) is 5.02 Å². The minimum Gasteiger partial charge on any atom is -0.369 e. The molecule has 5 heteroatoms. The van der Waals surface area contributed by atoms with Gasteiger partial charge in [-0.2, -0.15) is 0 Å². The van der Waals surface area contributed by atoms with E-state index in [-0.39, 0.29) is 5.02 Å². The first kappa shape index (κ1) is 18.0. The highest BCUT2D eigenvalue weighted by molar-refractivity contribution is 6.31. The minimum atomic E-state index is -0.405. The third kappa shape index (κ3) is 3.97. The number of benzene rings is 2. The highest BCUT2D eigenvalue weighted by Gasteiger charge is 2.15. The molecule has 0 bridgehead atoms. The Morgan fingerprint density at radius 3 is 2.41 bits per heavy atom. The molecule has 27 heavy (non-hydrogen) atoms. The van der Waals surface area contributed by atoms with Crippen molar-refractivity contribution in [3.63, 3.8) is 0 Å². The van der Waals surface area contributed by atoms with E-state index < -0.39 is 5.82 Å². The van der Waals surface area contributed by atoms with Crippen LogP contribution in [0.15, 0.2) is 60.8 Å². The normalized spacial score (nSPS) is 15.1. The van der Waals surface area contributed by atoms with Crippen LogP contribution in [-0.2, 0) is 0 Å². The van der Waals surface area contributed by atoms with Crippen LogP contribution < -0.4 is 4.90 Å². The lowest BCUT2D eigenvalue weighted by molar-refractivity contribution is 0.313. The summed E-state index contributed by atoms with van der Waals surface area (Å²) in [6.07, 6.45) is 1.87. The molecule has 1 aromatic heterocycles. The van der Waals surface area contributed by atoms with Gasteiger partial charge in [0.25, 0.3) is 0 Å². The van der Waals surface area contributed by atoms with Gasteiger partial charge in [-0.05, 0) is 48.5 Å². The average Bonchev–Trinajstić information content (AvgIpc) is 2.71. The monoisotopic (exact) mass is 381 g/mol. The van der Waals surface area contributed by atoms with Crippen molar-refractivity contribution in [2.24, 2.45) is 0 Å². The number of anilines is 1. The van der Waals surface area contributed by atoms with Crippen LogP contribution in [0.1, 0.15) is 0 Å². The summed E-state index contributed by atoms with van der Waals surface area (Å²) in [5.74, 6) is -0.405. The number of aromatic nitrogens is 1. The van der Waals surface area contributed by atoms with Crippen molar-refractivity contribution in [3.8, 4) is 22.4 Å². The summed E-state index contributed by atoms with van der Waals surface area (Å²) in [4.78, 5) is 9.30. The first-order valence-corrected chi connectivity index (χ1v) is 9.43. The Hall–Kier alpha value is -2.43. The average molecular weight is 382 g/mol. The van der Waals surface area contributed by atoms with Crippen molar-refractivity contribution in [2.75, 3.05) is 38.1 Å². The van der Waals surface area contributed by atoms with Gasteiger partial charge in [0.1, 0.15) is 5.82 Å². The zero-order chi connectivity index (χ0) is 18.8. The fraction of sp³-hybridized carbons (Fsp3) is 0.227. The number of pyridine rings is 1. The maximum Gasteiger partial charge on any atom is 0.141 e. The second-order valence-electron chi connectivity index (χ2n) is 6.90. The van der Waals surface area contributed by atoms with Gasteiger partial charge in [-0.15, -0.1) is 0 Å². The second-order valence-corrected chi connectivity index (χ2v) is 7.31. The minimum absolute atomic E-state index is 0.132. The maximum atomic E-state index is 13.5. The van der Waals surface area contributed by atoms with E-state index in [1.54, 1.807) is 12.1 Å². The summed E-state index contributed by atoms with van der Waals surface area (Å²) >= 11 is 5.94. The number of nitrogens with zero attached hydrogens (tertiary/aromatic N) is 3. The third-order valence-electron chi connectivity index (χ3n) is 5.02. The molecule has 138 valence electrons. The van der Waals surface area contributed by atoms with Gasteiger partial charge < -0.3 is 9.80 Å².